The van der Waals surface area contributed by atoms with Crippen LogP contribution in [-0.4, -0.2) is 37.6 Å². The van der Waals surface area contributed by atoms with E-state index in [4.69, 9.17) is 9.47 Å². The Balaban J connectivity index is 1.66. The van der Waals surface area contributed by atoms with Crippen molar-refractivity contribution in [3.8, 4) is 11.5 Å². The standard InChI is InChI=1S/C25H28N2O6S2/c1-17-14-24(33-4)25(15-18(17)2)34(28,29)26-20-7-12-23-19(16-20)6-5-13-27(23)35(30,31)22-10-8-21(32-3)9-11-22/h7-12,14-16,26H,5-6,13H2,1-4H3. The predicted molar refractivity (Wildman–Crippen MR) is 136 cm³/mol. The van der Waals surface area contributed by atoms with E-state index in [1.54, 1.807) is 42.5 Å². The topological polar surface area (TPSA) is 102 Å². The van der Waals surface area contributed by atoms with Crippen LogP contribution in [0.25, 0.3) is 0 Å². The number of rotatable bonds is 7. The third-order valence-corrected chi connectivity index (χ3v) is 9.35. The Morgan fingerprint density at radius 1 is 0.857 bits per heavy atom. The number of nitrogens with zero attached hydrogens (tertiary/aromatic N) is 1. The molecular weight excluding hydrogens is 488 g/mol. The van der Waals surface area contributed by atoms with Gasteiger partial charge in [0.1, 0.15) is 16.4 Å². The van der Waals surface area contributed by atoms with Gasteiger partial charge in [-0.15, -0.1) is 0 Å². The zero-order valence-electron chi connectivity index (χ0n) is 20.0. The van der Waals surface area contributed by atoms with Crippen LogP contribution >= 0.6 is 0 Å². The Kier molecular flexibility index (Phi) is 6.70. The van der Waals surface area contributed by atoms with Crippen LogP contribution in [0.4, 0.5) is 11.4 Å². The fraction of sp³-hybridized carbons (Fsp3) is 0.280. The van der Waals surface area contributed by atoms with Crippen LogP contribution in [0.1, 0.15) is 23.1 Å². The van der Waals surface area contributed by atoms with E-state index in [-0.39, 0.29) is 15.5 Å². The van der Waals surface area contributed by atoms with Gasteiger partial charge < -0.3 is 9.47 Å². The van der Waals surface area contributed by atoms with Crippen molar-refractivity contribution in [3.63, 3.8) is 0 Å². The molecule has 1 N–H and O–H groups in total. The number of methoxy groups -OCH3 is 2. The van der Waals surface area contributed by atoms with Crippen molar-refractivity contribution < 1.29 is 26.3 Å². The number of hydrogen-bond acceptors (Lipinski definition) is 6. The number of ether oxygens (including phenoxy) is 2. The highest BCUT2D eigenvalue weighted by molar-refractivity contribution is 7.93. The molecule has 4 rings (SSSR count). The highest BCUT2D eigenvalue weighted by Gasteiger charge is 2.30. The predicted octanol–water partition coefficient (Wildman–Crippen LogP) is 4.26. The Hall–Kier alpha value is -3.24. The summed E-state index contributed by atoms with van der Waals surface area (Å²) in [5.74, 6) is 0.829. The summed E-state index contributed by atoms with van der Waals surface area (Å²) < 4.78 is 67.4. The summed E-state index contributed by atoms with van der Waals surface area (Å²) in [7, 11) is -4.77. The summed E-state index contributed by atoms with van der Waals surface area (Å²) in [6, 6.07) is 14.4. The average molecular weight is 517 g/mol. The Bertz CT molecular complexity index is 1470. The van der Waals surface area contributed by atoms with E-state index in [2.05, 4.69) is 4.72 Å². The lowest BCUT2D eigenvalue weighted by atomic mass is 10.0. The number of sulfonamides is 2. The van der Waals surface area contributed by atoms with Gasteiger partial charge in [-0.2, -0.15) is 0 Å². The second-order valence-corrected chi connectivity index (χ2v) is 11.9. The van der Waals surface area contributed by atoms with Gasteiger partial charge in [0.05, 0.1) is 24.8 Å². The molecular formula is C25H28N2O6S2. The van der Waals surface area contributed by atoms with E-state index in [1.807, 2.05) is 13.8 Å². The van der Waals surface area contributed by atoms with Gasteiger partial charge in [0.15, 0.2) is 0 Å². The molecule has 8 nitrogen and oxygen atoms in total. The van der Waals surface area contributed by atoms with Crippen molar-refractivity contribution in [1.29, 1.82) is 0 Å². The molecule has 0 aliphatic carbocycles. The molecule has 0 fully saturated rings. The van der Waals surface area contributed by atoms with E-state index in [0.717, 1.165) is 16.7 Å². The Morgan fingerprint density at radius 2 is 1.54 bits per heavy atom. The molecule has 1 aliphatic heterocycles. The third kappa shape index (κ3) is 4.81. The van der Waals surface area contributed by atoms with Gasteiger partial charge in [-0.3, -0.25) is 9.03 Å². The maximum absolute atomic E-state index is 13.3. The molecule has 0 radical (unpaired) electrons. The van der Waals surface area contributed by atoms with E-state index in [9.17, 15) is 16.8 Å². The van der Waals surface area contributed by atoms with Gasteiger partial charge in [-0.25, -0.2) is 16.8 Å². The molecule has 0 atom stereocenters. The summed E-state index contributed by atoms with van der Waals surface area (Å²) in [6.07, 6.45) is 1.25. The molecule has 3 aromatic carbocycles. The molecule has 0 amide bonds. The van der Waals surface area contributed by atoms with Crippen molar-refractivity contribution in [1.82, 2.24) is 0 Å². The second-order valence-electron chi connectivity index (χ2n) is 8.39. The average Bonchev–Trinajstić information content (AvgIpc) is 2.84. The van der Waals surface area contributed by atoms with E-state index in [0.29, 0.717) is 36.5 Å². The van der Waals surface area contributed by atoms with Gasteiger partial charge in [-0.1, -0.05) is 0 Å². The third-order valence-electron chi connectivity index (χ3n) is 6.12. The zero-order chi connectivity index (χ0) is 25.4. The molecule has 0 unspecified atom stereocenters. The van der Waals surface area contributed by atoms with Gasteiger partial charge in [0.2, 0.25) is 0 Å². The van der Waals surface area contributed by atoms with Gasteiger partial charge in [0, 0.05) is 12.2 Å². The normalized spacial score (nSPS) is 13.8. The van der Waals surface area contributed by atoms with E-state index >= 15 is 0 Å². The van der Waals surface area contributed by atoms with E-state index < -0.39 is 20.0 Å². The summed E-state index contributed by atoms with van der Waals surface area (Å²) in [6.45, 7) is 4.06. The molecule has 10 heteroatoms. The van der Waals surface area contributed by atoms with E-state index in [1.165, 1.54) is 30.7 Å². The van der Waals surface area contributed by atoms with Crippen molar-refractivity contribution in [2.45, 2.75) is 36.5 Å². The first-order chi connectivity index (χ1) is 16.6. The number of hydrogen-bond donors (Lipinski definition) is 1. The number of fused-ring (bicyclic) bond motifs is 1. The zero-order valence-corrected chi connectivity index (χ0v) is 21.7. The minimum absolute atomic E-state index is 0.0459. The lowest BCUT2D eigenvalue weighted by Crippen LogP contribution is -2.35. The van der Waals surface area contributed by atoms with Crippen LogP contribution < -0.4 is 18.5 Å². The minimum atomic E-state index is -3.93. The molecule has 0 saturated carbocycles. The molecule has 1 aliphatic rings. The molecule has 0 bridgehead atoms. The number of aryl methyl sites for hydroxylation is 3. The fourth-order valence-corrected chi connectivity index (χ4v) is 6.92. The first-order valence-electron chi connectivity index (χ1n) is 11.0. The van der Waals surface area contributed by atoms with Crippen molar-refractivity contribution >= 4 is 31.4 Å². The van der Waals surface area contributed by atoms with Crippen LogP contribution in [0.15, 0.2) is 64.4 Å². The van der Waals surface area contributed by atoms with Gasteiger partial charge >= 0.3 is 0 Å². The maximum atomic E-state index is 13.3. The molecule has 3 aromatic rings. The van der Waals surface area contributed by atoms with Gasteiger partial charge in [-0.05, 0) is 98.0 Å². The summed E-state index contributed by atoms with van der Waals surface area (Å²) >= 11 is 0. The second kappa shape index (κ2) is 9.43. The molecule has 1 heterocycles. The Labute approximate surface area is 206 Å². The summed E-state index contributed by atoms with van der Waals surface area (Å²) in [5.41, 5.74) is 3.40. The largest absolute Gasteiger partial charge is 0.497 e. The van der Waals surface area contributed by atoms with Crippen LogP contribution in [0.2, 0.25) is 0 Å². The molecule has 0 aromatic heterocycles. The lowest BCUT2D eigenvalue weighted by molar-refractivity contribution is 0.402. The SMILES string of the molecule is COc1ccc(S(=O)(=O)N2CCCc3cc(NS(=O)(=O)c4cc(C)c(C)cc4OC)ccc32)cc1. The number of benzene rings is 3. The summed E-state index contributed by atoms with van der Waals surface area (Å²) in [4.78, 5) is 0.210. The van der Waals surface area contributed by atoms with Crippen molar-refractivity contribution in [3.05, 3.63) is 71.3 Å². The van der Waals surface area contributed by atoms with Crippen LogP contribution in [0, 0.1) is 13.8 Å². The van der Waals surface area contributed by atoms with Gasteiger partial charge in [0.25, 0.3) is 20.0 Å². The molecule has 0 saturated heterocycles. The smallest absolute Gasteiger partial charge is 0.265 e. The Morgan fingerprint density at radius 3 is 2.20 bits per heavy atom. The first kappa shape index (κ1) is 24.9. The quantitative estimate of drug-likeness (QED) is 0.503. The highest BCUT2D eigenvalue weighted by Crippen LogP contribution is 2.35. The molecule has 186 valence electrons. The number of nitrogens with one attached hydrogen (secondary N) is 1. The van der Waals surface area contributed by atoms with Crippen molar-refractivity contribution in [2.75, 3.05) is 29.8 Å². The van der Waals surface area contributed by atoms with Crippen LogP contribution in [0.5, 0.6) is 11.5 Å². The maximum Gasteiger partial charge on any atom is 0.265 e. The number of anilines is 2. The van der Waals surface area contributed by atoms with Crippen LogP contribution in [0.3, 0.4) is 0 Å². The summed E-state index contributed by atoms with van der Waals surface area (Å²) in [5, 5.41) is 0. The molecule has 0 spiro atoms. The lowest BCUT2D eigenvalue weighted by Gasteiger charge is -2.31. The first-order valence-corrected chi connectivity index (χ1v) is 14.0. The fourth-order valence-electron chi connectivity index (χ4n) is 4.09. The molecule has 35 heavy (non-hydrogen) atoms. The van der Waals surface area contributed by atoms with Crippen LogP contribution in [-0.2, 0) is 26.5 Å². The van der Waals surface area contributed by atoms with Crippen molar-refractivity contribution in [2.24, 2.45) is 0 Å². The minimum Gasteiger partial charge on any atom is -0.497 e. The highest BCUT2D eigenvalue weighted by atomic mass is 32.2. The monoisotopic (exact) mass is 516 g/mol.